The average Bonchev–Trinajstić information content (AvgIpc) is 3.08. The van der Waals surface area contributed by atoms with E-state index in [0.29, 0.717) is 0 Å². The van der Waals surface area contributed by atoms with Crippen LogP contribution in [0.1, 0.15) is 0 Å². The van der Waals surface area contributed by atoms with Crippen molar-refractivity contribution < 1.29 is 4.92 Å². The summed E-state index contributed by atoms with van der Waals surface area (Å²) in [6, 6.07) is 20.3. The minimum Gasteiger partial charge on any atom is -0.355 e. The molecular weight excluding hydrogens is 316 g/mol. The highest BCUT2D eigenvalue weighted by Gasteiger charge is 2.09. The van der Waals surface area contributed by atoms with E-state index in [9.17, 15) is 10.1 Å². The average molecular weight is 330 g/mol. The molecule has 2 N–H and O–H groups in total. The maximum atomic E-state index is 10.8. The zero-order chi connectivity index (χ0) is 17.2. The van der Waals surface area contributed by atoms with Crippen molar-refractivity contribution in [3.8, 4) is 11.3 Å². The van der Waals surface area contributed by atoms with Gasteiger partial charge >= 0.3 is 0 Å². The van der Waals surface area contributed by atoms with Crippen LogP contribution in [0, 0.1) is 10.1 Å². The standard InChI is InChI=1S/C19H14N4O2/c24-23(25)15-8-6-14(7-9-15)21-17-10-11-20-19-16(17)12-18(22-19)13-4-2-1-3-5-13/h1-12H,(H2,20,21,22). The molecule has 0 bridgehead atoms. The second-order valence-corrected chi connectivity index (χ2v) is 5.60. The Balaban J connectivity index is 1.70. The molecule has 0 aliphatic heterocycles. The Bertz CT molecular complexity index is 1040. The van der Waals surface area contributed by atoms with Gasteiger partial charge in [-0.2, -0.15) is 0 Å². The van der Waals surface area contributed by atoms with Gasteiger partial charge in [0.15, 0.2) is 0 Å². The number of nitrogens with one attached hydrogen (secondary N) is 2. The summed E-state index contributed by atoms with van der Waals surface area (Å²) in [5.41, 5.74) is 4.59. The van der Waals surface area contributed by atoms with E-state index < -0.39 is 4.92 Å². The third kappa shape index (κ3) is 2.92. The van der Waals surface area contributed by atoms with Crippen LogP contribution in [0.3, 0.4) is 0 Å². The monoisotopic (exact) mass is 330 g/mol. The number of rotatable bonds is 4. The second kappa shape index (κ2) is 6.09. The van der Waals surface area contributed by atoms with Gasteiger partial charge in [0.25, 0.3) is 5.69 Å². The predicted octanol–water partition coefficient (Wildman–Crippen LogP) is 4.88. The van der Waals surface area contributed by atoms with Crippen LogP contribution in [0.2, 0.25) is 0 Å². The summed E-state index contributed by atoms with van der Waals surface area (Å²) in [6.45, 7) is 0. The minimum atomic E-state index is -0.410. The molecule has 4 aromatic rings. The van der Waals surface area contributed by atoms with Crippen LogP contribution in [-0.2, 0) is 0 Å². The molecule has 0 aliphatic carbocycles. The Morgan fingerprint density at radius 2 is 1.76 bits per heavy atom. The van der Waals surface area contributed by atoms with Crippen molar-refractivity contribution in [2.24, 2.45) is 0 Å². The first-order chi connectivity index (χ1) is 12.2. The number of hydrogen-bond donors (Lipinski definition) is 2. The number of anilines is 2. The lowest BCUT2D eigenvalue weighted by Gasteiger charge is -2.07. The van der Waals surface area contributed by atoms with E-state index in [1.165, 1.54) is 12.1 Å². The highest BCUT2D eigenvalue weighted by Crippen LogP contribution is 2.30. The molecule has 25 heavy (non-hydrogen) atoms. The molecule has 0 spiro atoms. The molecule has 0 amide bonds. The van der Waals surface area contributed by atoms with Gasteiger partial charge in [-0.3, -0.25) is 10.1 Å². The first kappa shape index (κ1) is 14.9. The summed E-state index contributed by atoms with van der Waals surface area (Å²) < 4.78 is 0. The van der Waals surface area contributed by atoms with E-state index in [0.717, 1.165) is 33.7 Å². The molecule has 4 rings (SSSR count). The van der Waals surface area contributed by atoms with Crippen molar-refractivity contribution in [3.63, 3.8) is 0 Å². The Morgan fingerprint density at radius 1 is 1.00 bits per heavy atom. The van der Waals surface area contributed by atoms with Crippen LogP contribution in [0.15, 0.2) is 72.9 Å². The van der Waals surface area contributed by atoms with E-state index in [2.05, 4.69) is 15.3 Å². The molecule has 2 aromatic heterocycles. The molecular formula is C19H14N4O2. The smallest absolute Gasteiger partial charge is 0.269 e. The van der Waals surface area contributed by atoms with Crippen molar-refractivity contribution in [2.45, 2.75) is 0 Å². The summed E-state index contributed by atoms with van der Waals surface area (Å²) in [5, 5.41) is 15.0. The van der Waals surface area contributed by atoms with Crippen molar-refractivity contribution in [3.05, 3.63) is 83.0 Å². The lowest BCUT2D eigenvalue weighted by molar-refractivity contribution is -0.384. The third-order valence-electron chi connectivity index (χ3n) is 3.97. The molecule has 0 fully saturated rings. The number of pyridine rings is 1. The van der Waals surface area contributed by atoms with Gasteiger partial charge in [-0.25, -0.2) is 4.98 Å². The van der Waals surface area contributed by atoms with Gasteiger partial charge in [0.05, 0.1) is 10.6 Å². The topological polar surface area (TPSA) is 83.8 Å². The van der Waals surface area contributed by atoms with Crippen LogP contribution in [0.4, 0.5) is 17.1 Å². The van der Waals surface area contributed by atoms with E-state index >= 15 is 0 Å². The first-order valence-electron chi connectivity index (χ1n) is 7.75. The molecule has 0 atom stereocenters. The summed E-state index contributed by atoms with van der Waals surface area (Å²) in [6.07, 6.45) is 1.72. The number of nitrogens with zero attached hydrogens (tertiary/aromatic N) is 2. The van der Waals surface area contributed by atoms with Crippen LogP contribution in [-0.4, -0.2) is 14.9 Å². The molecule has 0 saturated carbocycles. The molecule has 0 radical (unpaired) electrons. The van der Waals surface area contributed by atoms with E-state index in [-0.39, 0.29) is 5.69 Å². The highest BCUT2D eigenvalue weighted by atomic mass is 16.6. The van der Waals surface area contributed by atoms with Gasteiger partial charge in [0, 0.05) is 35.1 Å². The Labute approximate surface area is 143 Å². The van der Waals surface area contributed by atoms with Crippen molar-refractivity contribution in [1.29, 1.82) is 0 Å². The van der Waals surface area contributed by atoms with Gasteiger partial charge in [0.1, 0.15) is 5.65 Å². The molecule has 2 heterocycles. The highest BCUT2D eigenvalue weighted by molar-refractivity contribution is 5.94. The molecule has 122 valence electrons. The van der Waals surface area contributed by atoms with Crippen molar-refractivity contribution in [1.82, 2.24) is 9.97 Å². The van der Waals surface area contributed by atoms with Gasteiger partial charge in [0.2, 0.25) is 0 Å². The summed E-state index contributed by atoms with van der Waals surface area (Å²) in [7, 11) is 0. The van der Waals surface area contributed by atoms with Crippen LogP contribution in [0.5, 0.6) is 0 Å². The Hall–Kier alpha value is -3.67. The fourth-order valence-electron chi connectivity index (χ4n) is 2.73. The Kier molecular flexibility index (Phi) is 3.63. The number of hydrogen-bond acceptors (Lipinski definition) is 4. The predicted molar refractivity (Wildman–Crippen MR) is 97.9 cm³/mol. The van der Waals surface area contributed by atoms with Crippen molar-refractivity contribution in [2.75, 3.05) is 5.32 Å². The number of H-pyrrole nitrogens is 1. The van der Waals surface area contributed by atoms with Gasteiger partial charge in [-0.05, 0) is 29.8 Å². The second-order valence-electron chi connectivity index (χ2n) is 5.60. The number of benzene rings is 2. The summed E-state index contributed by atoms with van der Waals surface area (Å²) in [5.74, 6) is 0. The normalized spacial score (nSPS) is 10.7. The number of nitro groups is 1. The third-order valence-corrected chi connectivity index (χ3v) is 3.97. The number of aromatic amines is 1. The van der Waals surface area contributed by atoms with Gasteiger partial charge < -0.3 is 10.3 Å². The minimum absolute atomic E-state index is 0.0680. The van der Waals surface area contributed by atoms with E-state index in [1.54, 1.807) is 18.3 Å². The molecule has 0 unspecified atom stereocenters. The molecule has 0 saturated heterocycles. The SMILES string of the molecule is O=[N+]([O-])c1ccc(Nc2ccnc3[nH]c(-c4ccccc4)cc23)cc1. The Morgan fingerprint density at radius 3 is 2.48 bits per heavy atom. The number of nitro benzene ring substituents is 1. The van der Waals surface area contributed by atoms with Crippen LogP contribution < -0.4 is 5.32 Å². The fraction of sp³-hybridized carbons (Fsp3) is 0. The van der Waals surface area contributed by atoms with E-state index in [1.807, 2.05) is 42.5 Å². The number of fused-ring (bicyclic) bond motifs is 1. The molecule has 6 heteroatoms. The zero-order valence-electron chi connectivity index (χ0n) is 13.1. The van der Waals surface area contributed by atoms with Gasteiger partial charge in [-0.1, -0.05) is 30.3 Å². The molecule has 0 aliphatic rings. The lowest BCUT2D eigenvalue weighted by atomic mass is 10.1. The molecule has 6 nitrogen and oxygen atoms in total. The fourth-order valence-corrected chi connectivity index (χ4v) is 2.73. The first-order valence-corrected chi connectivity index (χ1v) is 7.75. The largest absolute Gasteiger partial charge is 0.355 e. The van der Waals surface area contributed by atoms with Crippen molar-refractivity contribution >= 4 is 28.1 Å². The molecule has 2 aromatic carbocycles. The zero-order valence-corrected chi connectivity index (χ0v) is 13.1. The summed E-state index contributed by atoms with van der Waals surface area (Å²) in [4.78, 5) is 18.0. The lowest BCUT2D eigenvalue weighted by Crippen LogP contribution is -1.92. The van der Waals surface area contributed by atoms with Crippen LogP contribution >= 0.6 is 0 Å². The van der Waals surface area contributed by atoms with Gasteiger partial charge in [-0.15, -0.1) is 0 Å². The van der Waals surface area contributed by atoms with E-state index in [4.69, 9.17) is 0 Å². The van der Waals surface area contributed by atoms with Crippen LogP contribution in [0.25, 0.3) is 22.3 Å². The maximum absolute atomic E-state index is 10.8. The maximum Gasteiger partial charge on any atom is 0.269 e. The summed E-state index contributed by atoms with van der Waals surface area (Å²) >= 11 is 0. The number of aromatic nitrogens is 2. The number of non-ortho nitro benzene ring substituents is 1. The quantitative estimate of drug-likeness (QED) is 0.412.